The summed E-state index contributed by atoms with van der Waals surface area (Å²) >= 11 is 4.64. The molecule has 538 valence electrons. The molecule has 2 atom stereocenters. The van der Waals surface area contributed by atoms with E-state index in [1.165, 1.54) is 30.3 Å². The van der Waals surface area contributed by atoms with Gasteiger partial charge in [-0.05, 0) is 171 Å². The monoisotopic (exact) mass is 1440 g/mol. The fourth-order valence-electron chi connectivity index (χ4n) is 14.0. The summed E-state index contributed by atoms with van der Waals surface area (Å²) in [6, 6.07) is 9.55. The number of benzene rings is 4. The number of fused-ring (bicyclic) bond motifs is 2. The number of carboxylic acid groups (broad SMARTS) is 1. The molecule has 0 radical (unpaired) electrons. The van der Waals surface area contributed by atoms with Gasteiger partial charge in [-0.3, -0.25) is 9.59 Å². The van der Waals surface area contributed by atoms with Gasteiger partial charge in [0.1, 0.15) is 11.6 Å². The number of hydrogen-bond donors (Lipinski definition) is 2. The van der Waals surface area contributed by atoms with Gasteiger partial charge in [0.15, 0.2) is 23.3 Å². The molecule has 3 N–H and O–H groups in total. The predicted octanol–water partition coefficient (Wildman–Crippen LogP) is 14.5. The third-order valence-electron chi connectivity index (χ3n) is 18.7. The Kier molecular flexibility index (Phi) is 22.0. The molecule has 0 spiro atoms. The van der Waals surface area contributed by atoms with Crippen molar-refractivity contribution in [1.82, 2.24) is 50.4 Å². The highest BCUT2D eigenvalue weighted by molar-refractivity contribution is 6.15. The van der Waals surface area contributed by atoms with E-state index >= 15 is 0 Å². The Labute approximate surface area is 565 Å². The number of alkyl halides is 13. The van der Waals surface area contributed by atoms with Crippen molar-refractivity contribution in [2.24, 2.45) is 43.5 Å². The molecule has 1 amide bonds. The van der Waals surface area contributed by atoms with E-state index in [1.54, 1.807) is 12.1 Å². The fraction of sp³-hybridized carbons (Fsp3) is 0.477. The lowest BCUT2D eigenvalue weighted by Crippen LogP contribution is -2.40. The molecule has 0 unspecified atom stereocenters. The van der Waals surface area contributed by atoms with E-state index in [-0.39, 0.29) is 106 Å². The number of carboxylic acids is 1. The van der Waals surface area contributed by atoms with Gasteiger partial charge in [-0.2, -0.15) is 62.3 Å². The number of aryl methyl sites for hydroxylation is 2. The van der Waals surface area contributed by atoms with Gasteiger partial charge in [0.2, 0.25) is 5.91 Å². The smallest absolute Gasteiger partial charge is 0.416 e. The molecule has 4 aromatic heterocycles. The molecule has 2 saturated heterocycles. The summed E-state index contributed by atoms with van der Waals surface area (Å²) in [5.41, 5.74) is 0.163. The summed E-state index contributed by atoms with van der Waals surface area (Å²) in [6.45, 7) is -0.287. The summed E-state index contributed by atoms with van der Waals surface area (Å²) < 4.78 is 222. The summed E-state index contributed by atoms with van der Waals surface area (Å²) in [6.07, 6.45) is -10.6. The average Bonchev–Trinajstić information content (AvgIpc) is 1.32. The number of hydrogen-bond acceptors (Lipinski definition) is 14. The van der Waals surface area contributed by atoms with Crippen LogP contribution in [0, 0.1) is 46.9 Å². The first kappa shape index (κ1) is 73.9. The zero-order valence-corrected chi connectivity index (χ0v) is 54.4. The van der Waals surface area contributed by atoms with Crippen LogP contribution in [0.5, 0.6) is 0 Å². The number of aliphatic carboxylic acids is 1. The number of primary amides is 1. The Morgan fingerprint density at radius 2 is 0.830 bits per heavy atom. The second-order valence-corrected chi connectivity index (χ2v) is 25.3. The Morgan fingerprint density at radius 1 is 0.490 bits per heavy atom. The zero-order chi connectivity index (χ0) is 72.5. The first-order chi connectivity index (χ1) is 47.1. The highest BCUT2D eigenvalue weighted by Crippen LogP contribution is 2.45. The number of carbonyl (C=O) groups excluding carboxylic acids is 1. The second kappa shape index (κ2) is 29.8. The molecule has 8 aromatic rings. The van der Waals surface area contributed by atoms with Crippen LogP contribution >= 0.6 is 11.6 Å². The maximum Gasteiger partial charge on any atom is 0.416 e. The Bertz CT molecular complexity index is 3920. The van der Waals surface area contributed by atoms with Gasteiger partial charge < -0.3 is 30.4 Å². The van der Waals surface area contributed by atoms with E-state index < -0.39 is 95.2 Å². The molecule has 2 aliphatic heterocycles. The van der Waals surface area contributed by atoms with Crippen molar-refractivity contribution in [1.29, 1.82) is 0 Å². The molecule has 4 aliphatic rings. The molecule has 35 heteroatoms. The SMILES string of the molecule is CCl.Cn1nnc(N(Cc2cc(C(F)(F)F)cc(C(F)(F)F)c2)Cc2cc3cc(F)c(F)cc3nc2N2CCC[C@@H]2C2CCC(C(=O)O)CC2)n1.Cn1nnc(N(Cc2cc(C(F)(F)F)cc(C(F)(F)F)c2)Cc2cc3cc(F)c(F)cc3nc2N2CCC[C@@H]2C2CCC(C(N)=O)CC2)n1. The quantitative estimate of drug-likeness (QED) is 0.0682. The van der Waals surface area contributed by atoms with Crippen LogP contribution in [0.1, 0.15) is 122 Å². The molecule has 12 rings (SSSR count). The number of aromatic nitrogens is 10. The largest absolute Gasteiger partial charge is 0.481 e. The zero-order valence-electron chi connectivity index (χ0n) is 53.6. The van der Waals surface area contributed by atoms with Gasteiger partial charge in [0, 0.05) is 97.7 Å². The lowest BCUT2D eigenvalue weighted by Gasteiger charge is -2.37. The number of nitrogens with two attached hydrogens (primary N) is 1. The summed E-state index contributed by atoms with van der Waals surface area (Å²) in [5, 5.41) is 33.8. The maximum absolute atomic E-state index is 14.4. The number of halogens is 17. The summed E-state index contributed by atoms with van der Waals surface area (Å²) in [7, 11) is 2.89. The topological polar surface area (TPSA) is 206 Å². The van der Waals surface area contributed by atoms with Crippen molar-refractivity contribution in [2.75, 3.05) is 39.1 Å². The van der Waals surface area contributed by atoms with Crippen molar-refractivity contribution < 1.29 is 84.9 Å². The highest BCUT2D eigenvalue weighted by Gasteiger charge is 2.42. The van der Waals surface area contributed by atoms with Gasteiger partial charge in [0.05, 0.1) is 53.3 Å². The molecular weight excluding hydrogens is 1380 g/mol. The summed E-state index contributed by atoms with van der Waals surface area (Å²) in [4.78, 5) is 41.8. The predicted molar refractivity (Wildman–Crippen MR) is 334 cm³/mol. The average molecular weight is 1440 g/mol. The highest BCUT2D eigenvalue weighted by atomic mass is 35.5. The minimum absolute atomic E-state index is 0.0243. The third kappa shape index (κ3) is 17.1. The van der Waals surface area contributed by atoms with E-state index in [9.17, 15) is 84.9 Å². The van der Waals surface area contributed by atoms with Gasteiger partial charge in [-0.25, -0.2) is 27.5 Å². The number of carbonyl (C=O) groups is 2. The van der Waals surface area contributed by atoms with Crippen LogP contribution < -0.4 is 25.3 Å². The van der Waals surface area contributed by atoms with Crippen LogP contribution in [0.4, 0.5) is 93.8 Å². The molecule has 6 heterocycles. The van der Waals surface area contributed by atoms with Crippen LogP contribution in [0.15, 0.2) is 72.8 Å². The van der Waals surface area contributed by atoms with E-state index in [1.807, 2.05) is 4.90 Å². The Balaban J connectivity index is 0.000000211. The number of pyridine rings is 2. The van der Waals surface area contributed by atoms with E-state index in [0.29, 0.717) is 98.6 Å². The first-order valence-corrected chi connectivity index (χ1v) is 32.4. The van der Waals surface area contributed by atoms with Crippen LogP contribution in [-0.4, -0.2) is 98.9 Å². The van der Waals surface area contributed by atoms with E-state index in [2.05, 4.69) is 47.3 Å². The van der Waals surface area contributed by atoms with Crippen molar-refractivity contribution in [3.05, 3.63) is 141 Å². The van der Waals surface area contributed by atoms with Crippen LogP contribution in [0.2, 0.25) is 0 Å². The van der Waals surface area contributed by atoms with Gasteiger partial charge in [-0.15, -0.1) is 21.8 Å². The molecular formula is C65H66ClF16N15O3. The minimum atomic E-state index is -5.06. The van der Waals surface area contributed by atoms with Crippen molar-refractivity contribution in [3.8, 4) is 0 Å². The number of amides is 1. The fourth-order valence-corrected chi connectivity index (χ4v) is 14.0. The lowest BCUT2D eigenvalue weighted by molar-refractivity contribution is -0.144. The number of tetrazole rings is 2. The molecule has 4 fully saturated rings. The van der Waals surface area contributed by atoms with Crippen LogP contribution in [-0.2, 0) is 74.6 Å². The molecule has 4 aromatic carbocycles. The number of anilines is 4. The normalized spacial score (nSPS) is 19.9. The molecule has 2 aliphatic carbocycles. The van der Waals surface area contributed by atoms with Crippen molar-refractivity contribution >= 4 is 68.8 Å². The van der Waals surface area contributed by atoms with Gasteiger partial charge in [0.25, 0.3) is 11.9 Å². The maximum atomic E-state index is 14.4. The van der Waals surface area contributed by atoms with Gasteiger partial charge in [-0.1, -0.05) is 10.2 Å². The minimum Gasteiger partial charge on any atom is -0.481 e. The Morgan fingerprint density at radius 3 is 1.14 bits per heavy atom. The van der Waals surface area contributed by atoms with E-state index in [0.717, 1.165) is 72.4 Å². The third-order valence-corrected chi connectivity index (χ3v) is 18.7. The van der Waals surface area contributed by atoms with E-state index in [4.69, 9.17) is 15.7 Å². The lowest BCUT2D eigenvalue weighted by atomic mass is 9.77. The standard InChI is InChI=1S/C32H32F8N8O.C32H31F8N7O2.CH3Cl/c1-46-44-30(43-45-46)47(15-17-9-22(31(35,36)37)13-23(10-17)32(38,39)40)16-21-11-20-12-24(33)25(34)14-26(20)42-29(21)48-8-2-3-27(48)18-4-6-19(7-5-18)28(41)49;1-45-43-30(42-44-45)46(15-17-9-22(31(35,36)37)13-23(10-17)32(38,39)40)16-21-11-20-12-24(33)25(34)14-26(20)41-28(21)47-8-2-3-27(47)18-4-6-19(7-5-18)29(48)49;1-2/h9-14,18-19,27H,2-8,15-16H2,1H3,(H2,41,49);9-14,18-19,27H,2-8,15-16H2,1H3,(H,48,49);1H3/t2*18?,19?,27-;/m11./s1. The molecule has 100 heavy (non-hydrogen) atoms. The summed E-state index contributed by atoms with van der Waals surface area (Å²) in [5.74, 6) is -5.37. The number of rotatable bonds is 16. The second-order valence-electron chi connectivity index (χ2n) is 25.3. The van der Waals surface area contributed by atoms with Crippen LogP contribution in [0.3, 0.4) is 0 Å². The van der Waals surface area contributed by atoms with Gasteiger partial charge >= 0.3 is 30.7 Å². The molecule has 18 nitrogen and oxygen atoms in total. The first-order valence-electron chi connectivity index (χ1n) is 31.7. The van der Waals surface area contributed by atoms with Crippen molar-refractivity contribution in [2.45, 2.75) is 140 Å². The molecule has 2 saturated carbocycles. The molecule has 0 bridgehead atoms. The van der Waals surface area contributed by atoms with Crippen LogP contribution in [0.25, 0.3) is 21.8 Å². The van der Waals surface area contributed by atoms with Crippen molar-refractivity contribution in [3.63, 3.8) is 0 Å². The Hall–Kier alpha value is -8.85. The number of nitrogens with zero attached hydrogens (tertiary/aromatic N) is 14.